The monoisotopic (exact) mass is 179 g/mol. The molecule has 2 heteroatoms. The Hall–Kier alpha value is -0.790. The summed E-state index contributed by atoms with van der Waals surface area (Å²) in [4.78, 5) is 11.0. The van der Waals surface area contributed by atoms with E-state index >= 15 is 0 Å². The molecule has 0 radical (unpaired) electrons. The quantitative estimate of drug-likeness (QED) is 0.657. The molecular weight excluding hydrogens is 162 g/mol. The SMILES string of the molecule is CCC(=O)NCC1CC2C=CC1C2. The lowest BCUT2D eigenvalue weighted by Crippen LogP contribution is -2.30. The van der Waals surface area contributed by atoms with Gasteiger partial charge in [-0.05, 0) is 30.6 Å². The Morgan fingerprint density at radius 2 is 2.31 bits per heavy atom. The minimum atomic E-state index is 0.187. The van der Waals surface area contributed by atoms with Crippen LogP contribution in [-0.2, 0) is 4.79 Å². The first kappa shape index (κ1) is 8.79. The Kier molecular flexibility index (Phi) is 2.38. The molecule has 0 aliphatic heterocycles. The van der Waals surface area contributed by atoms with Gasteiger partial charge in [0.05, 0.1) is 0 Å². The number of carbonyl (C=O) groups is 1. The highest BCUT2D eigenvalue weighted by Crippen LogP contribution is 2.42. The van der Waals surface area contributed by atoms with Crippen molar-refractivity contribution in [1.29, 1.82) is 0 Å². The molecule has 1 saturated carbocycles. The van der Waals surface area contributed by atoms with E-state index in [2.05, 4.69) is 17.5 Å². The number of hydrogen-bond acceptors (Lipinski definition) is 1. The van der Waals surface area contributed by atoms with Crippen molar-refractivity contribution in [2.24, 2.45) is 17.8 Å². The molecule has 2 rings (SSSR count). The molecule has 3 unspecified atom stereocenters. The van der Waals surface area contributed by atoms with Crippen molar-refractivity contribution in [3.63, 3.8) is 0 Å². The van der Waals surface area contributed by atoms with Gasteiger partial charge in [0.2, 0.25) is 5.91 Å². The standard InChI is InChI=1S/C11H17NO/c1-2-11(13)12-7-10-6-8-3-4-9(10)5-8/h3-4,8-10H,2,5-7H2,1H3,(H,12,13). The third kappa shape index (κ3) is 1.77. The maximum Gasteiger partial charge on any atom is 0.219 e. The maximum atomic E-state index is 11.0. The highest BCUT2D eigenvalue weighted by Gasteiger charge is 2.35. The van der Waals surface area contributed by atoms with Gasteiger partial charge in [0.15, 0.2) is 0 Å². The van der Waals surface area contributed by atoms with Gasteiger partial charge < -0.3 is 5.32 Å². The highest BCUT2D eigenvalue weighted by molar-refractivity contribution is 5.75. The van der Waals surface area contributed by atoms with Crippen LogP contribution in [0.4, 0.5) is 0 Å². The molecule has 0 aromatic rings. The van der Waals surface area contributed by atoms with Crippen LogP contribution in [0.25, 0.3) is 0 Å². The molecule has 0 saturated heterocycles. The van der Waals surface area contributed by atoms with Gasteiger partial charge in [-0.25, -0.2) is 0 Å². The molecule has 0 heterocycles. The first-order valence-corrected chi connectivity index (χ1v) is 5.24. The van der Waals surface area contributed by atoms with Crippen molar-refractivity contribution in [2.75, 3.05) is 6.54 Å². The summed E-state index contributed by atoms with van der Waals surface area (Å²) in [7, 11) is 0. The van der Waals surface area contributed by atoms with Crippen LogP contribution in [0, 0.1) is 17.8 Å². The number of fused-ring (bicyclic) bond motifs is 2. The van der Waals surface area contributed by atoms with Gasteiger partial charge in [0, 0.05) is 13.0 Å². The van der Waals surface area contributed by atoms with E-state index in [1.165, 1.54) is 12.8 Å². The number of allylic oxidation sites excluding steroid dienone is 2. The van der Waals surface area contributed by atoms with E-state index in [4.69, 9.17) is 0 Å². The summed E-state index contributed by atoms with van der Waals surface area (Å²) in [5.74, 6) is 2.47. The van der Waals surface area contributed by atoms with Crippen molar-refractivity contribution in [2.45, 2.75) is 26.2 Å². The third-order valence-electron chi connectivity index (χ3n) is 3.30. The molecule has 0 aromatic heterocycles. The van der Waals surface area contributed by atoms with Gasteiger partial charge in [-0.15, -0.1) is 0 Å². The first-order valence-electron chi connectivity index (χ1n) is 5.24. The average Bonchev–Trinajstić information content (AvgIpc) is 2.74. The molecule has 13 heavy (non-hydrogen) atoms. The topological polar surface area (TPSA) is 29.1 Å². The number of amides is 1. The Morgan fingerprint density at radius 1 is 1.46 bits per heavy atom. The Morgan fingerprint density at radius 3 is 2.85 bits per heavy atom. The molecule has 1 N–H and O–H groups in total. The Labute approximate surface area is 79.4 Å². The normalized spacial score (nSPS) is 35.3. The van der Waals surface area contributed by atoms with Gasteiger partial charge in [0.1, 0.15) is 0 Å². The van der Waals surface area contributed by atoms with Crippen LogP contribution in [0.3, 0.4) is 0 Å². The van der Waals surface area contributed by atoms with E-state index < -0.39 is 0 Å². The Balaban J connectivity index is 1.78. The predicted octanol–water partition coefficient (Wildman–Crippen LogP) is 1.72. The van der Waals surface area contributed by atoms with E-state index in [1.807, 2.05) is 6.92 Å². The summed E-state index contributed by atoms with van der Waals surface area (Å²) in [6.45, 7) is 2.79. The van der Waals surface area contributed by atoms with E-state index in [1.54, 1.807) is 0 Å². The molecule has 0 spiro atoms. The Bertz CT molecular complexity index is 234. The van der Waals surface area contributed by atoms with Crippen molar-refractivity contribution >= 4 is 5.91 Å². The molecule has 1 amide bonds. The van der Waals surface area contributed by atoms with Crippen molar-refractivity contribution < 1.29 is 4.79 Å². The summed E-state index contributed by atoms with van der Waals surface area (Å²) >= 11 is 0. The average molecular weight is 179 g/mol. The lowest BCUT2D eigenvalue weighted by atomic mass is 9.93. The molecule has 1 fully saturated rings. The number of hydrogen-bond donors (Lipinski definition) is 1. The molecule has 0 aromatic carbocycles. The van der Waals surface area contributed by atoms with Crippen molar-refractivity contribution in [3.05, 3.63) is 12.2 Å². The molecule has 2 bridgehead atoms. The minimum absolute atomic E-state index is 0.187. The van der Waals surface area contributed by atoms with Crippen molar-refractivity contribution in [1.82, 2.24) is 5.32 Å². The largest absolute Gasteiger partial charge is 0.356 e. The number of rotatable bonds is 3. The summed E-state index contributed by atoms with van der Waals surface area (Å²) in [6.07, 6.45) is 7.88. The van der Waals surface area contributed by atoms with Gasteiger partial charge in [0.25, 0.3) is 0 Å². The summed E-state index contributed by atoms with van der Waals surface area (Å²) in [5.41, 5.74) is 0. The predicted molar refractivity (Wildman–Crippen MR) is 52.1 cm³/mol. The minimum Gasteiger partial charge on any atom is -0.356 e. The second-order valence-electron chi connectivity index (χ2n) is 4.20. The summed E-state index contributed by atoms with van der Waals surface area (Å²) in [5, 5.41) is 2.99. The van der Waals surface area contributed by atoms with E-state index in [0.29, 0.717) is 12.3 Å². The van der Waals surface area contributed by atoms with E-state index in [9.17, 15) is 4.79 Å². The molecular formula is C11H17NO. The fraction of sp³-hybridized carbons (Fsp3) is 0.727. The first-order chi connectivity index (χ1) is 6.29. The molecule has 2 aliphatic carbocycles. The molecule has 2 aliphatic rings. The molecule has 2 nitrogen and oxygen atoms in total. The lowest BCUT2D eigenvalue weighted by Gasteiger charge is -2.18. The lowest BCUT2D eigenvalue weighted by molar-refractivity contribution is -0.121. The van der Waals surface area contributed by atoms with Gasteiger partial charge >= 0.3 is 0 Å². The zero-order valence-electron chi connectivity index (χ0n) is 8.12. The van der Waals surface area contributed by atoms with Crippen LogP contribution in [0.2, 0.25) is 0 Å². The summed E-state index contributed by atoms with van der Waals surface area (Å²) < 4.78 is 0. The number of carbonyl (C=O) groups excluding carboxylic acids is 1. The fourth-order valence-electron chi connectivity index (χ4n) is 2.50. The van der Waals surface area contributed by atoms with Crippen LogP contribution >= 0.6 is 0 Å². The molecule has 72 valence electrons. The maximum absolute atomic E-state index is 11.0. The van der Waals surface area contributed by atoms with Crippen LogP contribution in [0.15, 0.2) is 12.2 Å². The smallest absolute Gasteiger partial charge is 0.219 e. The third-order valence-corrected chi connectivity index (χ3v) is 3.30. The second-order valence-corrected chi connectivity index (χ2v) is 4.20. The second kappa shape index (κ2) is 3.52. The van der Waals surface area contributed by atoms with Gasteiger partial charge in [-0.1, -0.05) is 19.1 Å². The zero-order valence-corrected chi connectivity index (χ0v) is 8.12. The van der Waals surface area contributed by atoms with Crippen LogP contribution < -0.4 is 5.32 Å². The van der Waals surface area contributed by atoms with Crippen LogP contribution in [0.5, 0.6) is 0 Å². The van der Waals surface area contributed by atoms with Gasteiger partial charge in [-0.2, -0.15) is 0 Å². The van der Waals surface area contributed by atoms with E-state index in [-0.39, 0.29) is 5.91 Å². The highest BCUT2D eigenvalue weighted by atomic mass is 16.1. The van der Waals surface area contributed by atoms with E-state index in [0.717, 1.165) is 18.4 Å². The zero-order chi connectivity index (χ0) is 9.26. The fourth-order valence-corrected chi connectivity index (χ4v) is 2.50. The van der Waals surface area contributed by atoms with Crippen LogP contribution in [0.1, 0.15) is 26.2 Å². The summed E-state index contributed by atoms with van der Waals surface area (Å²) in [6, 6.07) is 0. The number of nitrogens with one attached hydrogen (secondary N) is 1. The van der Waals surface area contributed by atoms with Crippen molar-refractivity contribution in [3.8, 4) is 0 Å². The van der Waals surface area contributed by atoms with Gasteiger partial charge in [-0.3, -0.25) is 4.79 Å². The van der Waals surface area contributed by atoms with Crippen LogP contribution in [-0.4, -0.2) is 12.5 Å². The molecule has 3 atom stereocenters.